The lowest BCUT2D eigenvalue weighted by Gasteiger charge is -2.25. The zero-order chi connectivity index (χ0) is 20.3. The van der Waals surface area contributed by atoms with E-state index in [1.54, 1.807) is 12.1 Å². The van der Waals surface area contributed by atoms with E-state index < -0.39 is 15.9 Å². The molecule has 1 amide bonds. The van der Waals surface area contributed by atoms with Crippen molar-refractivity contribution in [2.24, 2.45) is 0 Å². The molecule has 0 aliphatic carbocycles. The first kappa shape index (κ1) is 19.3. The van der Waals surface area contributed by atoms with Gasteiger partial charge in [0.05, 0.1) is 16.8 Å². The van der Waals surface area contributed by atoms with Crippen LogP contribution in [0.25, 0.3) is 5.69 Å². The highest BCUT2D eigenvalue weighted by molar-refractivity contribution is 7.89. The highest BCUT2D eigenvalue weighted by Gasteiger charge is 2.25. The summed E-state index contributed by atoms with van der Waals surface area (Å²) in [7, 11) is -3.49. The van der Waals surface area contributed by atoms with E-state index >= 15 is 0 Å². The highest BCUT2D eigenvalue weighted by atomic mass is 32.2. The Labute approximate surface area is 169 Å². The first-order valence-corrected chi connectivity index (χ1v) is 10.9. The van der Waals surface area contributed by atoms with Crippen LogP contribution in [-0.2, 0) is 10.0 Å². The summed E-state index contributed by atoms with van der Waals surface area (Å²) in [4.78, 5) is 14.0. The van der Waals surface area contributed by atoms with Crippen molar-refractivity contribution < 1.29 is 13.2 Å². The smallest absolute Gasteiger partial charge is 0.277 e. The summed E-state index contributed by atoms with van der Waals surface area (Å²) in [5.74, 6) is -0.418. The number of hydrogen-bond acceptors (Lipinski definition) is 5. The fourth-order valence-electron chi connectivity index (χ4n) is 3.21. The lowest BCUT2D eigenvalue weighted by Crippen LogP contribution is -2.35. The predicted molar refractivity (Wildman–Crippen MR) is 108 cm³/mol. The number of aromatic nitrogens is 3. The number of sulfonamides is 1. The maximum Gasteiger partial charge on any atom is 0.277 e. The van der Waals surface area contributed by atoms with Gasteiger partial charge in [0.2, 0.25) is 10.0 Å². The molecular formula is C20H21N5O3S. The molecule has 0 atom stereocenters. The summed E-state index contributed by atoms with van der Waals surface area (Å²) < 4.78 is 26.9. The molecule has 0 bridgehead atoms. The van der Waals surface area contributed by atoms with Crippen molar-refractivity contribution in [3.8, 4) is 5.69 Å². The van der Waals surface area contributed by atoms with Crippen molar-refractivity contribution in [1.82, 2.24) is 19.3 Å². The van der Waals surface area contributed by atoms with E-state index in [1.807, 2.05) is 30.3 Å². The van der Waals surface area contributed by atoms with E-state index in [1.165, 1.54) is 27.4 Å². The molecule has 3 aromatic rings. The maximum absolute atomic E-state index is 12.7. The van der Waals surface area contributed by atoms with Gasteiger partial charge < -0.3 is 5.32 Å². The molecule has 2 aromatic carbocycles. The summed E-state index contributed by atoms with van der Waals surface area (Å²) in [5, 5.41) is 11.0. The Morgan fingerprint density at radius 3 is 2.31 bits per heavy atom. The van der Waals surface area contributed by atoms with Gasteiger partial charge in [0.15, 0.2) is 5.69 Å². The summed E-state index contributed by atoms with van der Waals surface area (Å²) >= 11 is 0. The quantitative estimate of drug-likeness (QED) is 0.696. The number of amides is 1. The summed E-state index contributed by atoms with van der Waals surface area (Å²) in [5.41, 5.74) is 1.40. The van der Waals surface area contributed by atoms with Crippen molar-refractivity contribution >= 4 is 21.6 Å². The normalized spacial score (nSPS) is 15.2. The molecule has 1 aromatic heterocycles. The predicted octanol–water partition coefficient (Wildman–Crippen LogP) is 2.69. The number of benzene rings is 2. The number of hydrogen-bond donors (Lipinski definition) is 1. The van der Waals surface area contributed by atoms with Crippen LogP contribution >= 0.6 is 0 Å². The number of carbonyl (C=O) groups is 1. The molecule has 150 valence electrons. The van der Waals surface area contributed by atoms with Crippen molar-refractivity contribution in [3.05, 3.63) is 66.5 Å². The zero-order valence-corrected chi connectivity index (χ0v) is 16.5. The second-order valence-electron chi connectivity index (χ2n) is 6.80. The Bertz CT molecular complexity index is 1090. The Morgan fingerprint density at radius 2 is 1.62 bits per heavy atom. The third kappa shape index (κ3) is 4.20. The summed E-state index contributed by atoms with van der Waals surface area (Å²) in [6.07, 6.45) is 4.22. The van der Waals surface area contributed by atoms with Gasteiger partial charge in [0.1, 0.15) is 0 Å². The molecule has 4 rings (SSSR count). The Balaban J connectivity index is 1.45. The minimum atomic E-state index is -3.49. The molecule has 1 aliphatic heterocycles. The van der Waals surface area contributed by atoms with Crippen LogP contribution in [0.3, 0.4) is 0 Å². The fraction of sp³-hybridized carbons (Fsp3) is 0.250. The number of anilines is 1. The molecule has 1 aliphatic rings. The largest absolute Gasteiger partial charge is 0.321 e. The van der Waals surface area contributed by atoms with Gasteiger partial charge in [-0.15, -0.1) is 5.10 Å². The minimum absolute atomic E-state index is 0.166. The topological polar surface area (TPSA) is 97.2 Å². The summed E-state index contributed by atoms with van der Waals surface area (Å²) in [6, 6.07) is 15.5. The van der Waals surface area contributed by atoms with Gasteiger partial charge >= 0.3 is 0 Å². The highest BCUT2D eigenvalue weighted by Crippen LogP contribution is 2.22. The standard InChI is InChI=1S/C20H21N5O3S/c26-20(19-15-21-25(23-19)17-7-3-1-4-8-17)22-16-9-11-18(12-10-16)29(27,28)24-13-5-2-6-14-24/h1,3-4,7-12,15H,2,5-6,13-14H2,(H,22,26). The number of piperidine rings is 1. The van der Waals surface area contributed by atoms with E-state index in [0.717, 1.165) is 24.9 Å². The molecule has 0 spiro atoms. The number of rotatable bonds is 5. The number of carbonyl (C=O) groups excluding carboxylic acids is 1. The summed E-state index contributed by atoms with van der Waals surface area (Å²) in [6.45, 7) is 1.11. The monoisotopic (exact) mass is 411 g/mol. The lowest BCUT2D eigenvalue weighted by atomic mass is 10.2. The third-order valence-corrected chi connectivity index (χ3v) is 6.69. The van der Waals surface area contributed by atoms with E-state index in [9.17, 15) is 13.2 Å². The molecular weight excluding hydrogens is 390 g/mol. The molecule has 1 N–H and O–H groups in total. The van der Waals surface area contributed by atoms with E-state index in [4.69, 9.17) is 0 Å². The van der Waals surface area contributed by atoms with Gasteiger partial charge in [-0.25, -0.2) is 8.42 Å². The van der Waals surface area contributed by atoms with Gasteiger partial charge in [-0.1, -0.05) is 24.6 Å². The minimum Gasteiger partial charge on any atom is -0.321 e. The SMILES string of the molecule is O=C(Nc1ccc(S(=O)(=O)N2CCCCC2)cc1)c1cnn(-c2ccccc2)n1. The average Bonchev–Trinajstić information content (AvgIpc) is 3.26. The van der Waals surface area contributed by atoms with Crippen LogP contribution in [0.2, 0.25) is 0 Å². The molecule has 1 fully saturated rings. The van der Waals surface area contributed by atoms with E-state index in [2.05, 4.69) is 15.5 Å². The van der Waals surface area contributed by atoms with Gasteiger partial charge in [-0.05, 0) is 49.2 Å². The zero-order valence-electron chi connectivity index (χ0n) is 15.7. The third-order valence-electron chi connectivity index (χ3n) is 4.78. The van der Waals surface area contributed by atoms with Crippen LogP contribution in [0.1, 0.15) is 29.8 Å². The Kier molecular flexibility index (Phi) is 5.41. The van der Waals surface area contributed by atoms with Crippen molar-refractivity contribution in [2.45, 2.75) is 24.2 Å². The van der Waals surface area contributed by atoms with Gasteiger partial charge in [0.25, 0.3) is 5.91 Å². The van der Waals surface area contributed by atoms with Gasteiger partial charge in [-0.2, -0.15) is 14.2 Å². The molecule has 2 heterocycles. The first-order valence-electron chi connectivity index (χ1n) is 9.43. The van der Waals surface area contributed by atoms with Crippen molar-refractivity contribution in [2.75, 3.05) is 18.4 Å². The molecule has 1 saturated heterocycles. The molecule has 0 radical (unpaired) electrons. The number of nitrogens with one attached hydrogen (secondary N) is 1. The second kappa shape index (κ2) is 8.14. The van der Waals surface area contributed by atoms with E-state index in [0.29, 0.717) is 18.8 Å². The fourth-order valence-corrected chi connectivity index (χ4v) is 4.73. The average molecular weight is 411 g/mol. The molecule has 0 unspecified atom stereocenters. The first-order chi connectivity index (χ1) is 14.0. The van der Waals surface area contributed by atoms with Crippen LogP contribution in [0.5, 0.6) is 0 Å². The molecule has 9 heteroatoms. The lowest BCUT2D eigenvalue weighted by molar-refractivity contribution is 0.102. The van der Waals surface area contributed by atoms with Crippen LogP contribution < -0.4 is 5.32 Å². The molecule has 0 saturated carbocycles. The van der Waals surface area contributed by atoms with Gasteiger partial charge in [-0.3, -0.25) is 4.79 Å². The van der Waals surface area contributed by atoms with Crippen molar-refractivity contribution in [3.63, 3.8) is 0 Å². The Morgan fingerprint density at radius 1 is 0.931 bits per heavy atom. The van der Waals surface area contributed by atoms with Gasteiger partial charge in [0, 0.05) is 18.8 Å². The molecule has 8 nitrogen and oxygen atoms in total. The Hall–Kier alpha value is -3.04. The van der Waals surface area contributed by atoms with Crippen LogP contribution in [-0.4, -0.2) is 46.7 Å². The second-order valence-corrected chi connectivity index (χ2v) is 8.74. The van der Waals surface area contributed by atoms with E-state index in [-0.39, 0.29) is 10.6 Å². The maximum atomic E-state index is 12.7. The molecule has 29 heavy (non-hydrogen) atoms. The van der Waals surface area contributed by atoms with Crippen LogP contribution in [0.15, 0.2) is 65.7 Å². The van der Waals surface area contributed by atoms with Crippen molar-refractivity contribution in [1.29, 1.82) is 0 Å². The number of nitrogens with zero attached hydrogens (tertiary/aromatic N) is 4. The van der Waals surface area contributed by atoms with Crippen LogP contribution in [0.4, 0.5) is 5.69 Å². The van der Waals surface area contributed by atoms with Crippen LogP contribution in [0, 0.1) is 0 Å². The number of para-hydroxylation sites is 1.